The van der Waals surface area contributed by atoms with Crippen molar-refractivity contribution in [2.45, 2.75) is 11.3 Å². The third kappa shape index (κ3) is 5.64. The molecule has 0 aliphatic carbocycles. The van der Waals surface area contributed by atoms with Crippen LogP contribution >= 0.6 is 11.6 Å². The quantitative estimate of drug-likeness (QED) is 0.505. The minimum absolute atomic E-state index is 0.134. The molecule has 0 bridgehead atoms. The van der Waals surface area contributed by atoms with Crippen molar-refractivity contribution in [3.63, 3.8) is 0 Å². The number of halogens is 1. The van der Waals surface area contributed by atoms with Crippen LogP contribution in [0.25, 0.3) is 0 Å². The van der Waals surface area contributed by atoms with Gasteiger partial charge in [0.25, 0.3) is 5.69 Å². The van der Waals surface area contributed by atoms with E-state index in [2.05, 4.69) is 10.0 Å². The maximum atomic E-state index is 12.1. The lowest BCUT2D eigenvalue weighted by atomic mass is 10.2. The minimum Gasteiger partial charge on any atom is -0.495 e. The number of ether oxygens (including phenoxy) is 1. The molecular formula is C16H16ClN3O6S. The van der Waals surface area contributed by atoms with Gasteiger partial charge in [0.1, 0.15) is 5.75 Å². The smallest absolute Gasteiger partial charge is 0.269 e. The number of benzene rings is 2. The predicted octanol–water partition coefficient (Wildman–Crippen LogP) is 2.56. The lowest BCUT2D eigenvalue weighted by Crippen LogP contribution is -2.27. The van der Waals surface area contributed by atoms with Gasteiger partial charge in [0.15, 0.2) is 0 Å². The zero-order valence-corrected chi connectivity index (χ0v) is 15.7. The fourth-order valence-electron chi connectivity index (χ4n) is 2.12. The van der Waals surface area contributed by atoms with E-state index in [1.54, 1.807) is 12.1 Å². The number of nitro groups is 1. The first-order valence-electron chi connectivity index (χ1n) is 7.60. The van der Waals surface area contributed by atoms with Gasteiger partial charge >= 0.3 is 0 Å². The average Bonchev–Trinajstić information content (AvgIpc) is 2.62. The second kappa shape index (κ2) is 8.80. The van der Waals surface area contributed by atoms with E-state index in [4.69, 9.17) is 16.3 Å². The Kier molecular flexibility index (Phi) is 6.72. The lowest BCUT2D eigenvalue weighted by molar-refractivity contribution is -0.384. The monoisotopic (exact) mass is 413 g/mol. The van der Waals surface area contributed by atoms with Gasteiger partial charge < -0.3 is 10.1 Å². The number of non-ortho nitro benzene ring substituents is 1. The molecule has 0 heterocycles. The van der Waals surface area contributed by atoms with E-state index in [0.717, 1.165) is 24.3 Å². The van der Waals surface area contributed by atoms with Crippen molar-refractivity contribution >= 4 is 38.9 Å². The van der Waals surface area contributed by atoms with Crippen LogP contribution in [0.5, 0.6) is 5.75 Å². The molecule has 0 unspecified atom stereocenters. The number of nitrogens with zero attached hydrogens (tertiary/aromatic N) is 1. The summed E-state index contributed by atoms with van der Waals surface area (Å²) < 4.78 is 31.7. The molecule has 2 rings (SSSR count). The topological polar surface area (TPSA) is 128 Å². The average molecular weight is 414 g/mol. The Labute approximate surface area is 160 Å². The molecule has 0 spiro atoms. The van der Waals surface area contributed by atoms with Gasteiger partial charge in [0.2, 0.25) is 15.9 Å². The largest absolute Gasteiger partial charge is 0.495 e. The fourth-order valence-corrected chi connectivity index (χ4v) is 3.32. The lowest BCUT2D eigenvalue weighted by Gasteiger charge is -2.11. The van der Waals surface area contributed by atoms with E-state index < -0.39 is 20.9 Å². The molecule has 0 fully saturated rings. The molecule has 2 N–H and O–H groups in total. The summed E-state index contributed by atoms with van der Waals surface area (Å²) in [5.74, 6) is -0.0267. The van der Waals surface area contributed by atoms with Crippen LogP contribution in [0.2, 0.25) is 5.02 Å². The summed E-state index contributed by atoms with van der Waals surface area (Å²) in [6.07, 6.45) is -0.137. The van der Waals surface area contributed by atoms with Gasteiger partial charge in [0.05, 0.1) is 22.6 Å². The summed E-state index contributed by atoms with van der Waals surface area (Å²) in [5, 5.41) is 13.6. The van der Waals surface area contributed by atoms with E-state index in [1.807, 2.05) is 0 Å². The molecule has 0 atom stereocenters. The first-order valence-corrected chi connectivity index (χ1v) is 9.46. The van der Waals surface area contributed by atoms with E-state index in [9.17, 15) is 23.3 Å². The van der Waals surface area contributed by atoms with Gasteiger partial charge in [-0.1, -0.05) is 11.6 Å². The normalized spacial score (nSPS) is 11.0. The first kappa shape index (κ1) is 20.6. The van der Waals surface area contributed by atoms with Crippen molar-refractivity contribution in [1.82, 2.24) is 4.72 Å². The molecule has 2 aromatic carbocycles. The van der Waals surface area contributed by atoms with Gasteiger partial charge in [-0.05, 0) is 30.3 Å². The number of nitro benzene ring substituents is 1. The highest BCUT2D eigenvalue weighted by molar-refractivity contribution is 7.89. The number of hydrogen-bond acceptors (Lipinski definition) is 6. The third-order valence-corrected chi connectivity index (χ3v) is 5.15. The summed E-state index contributed by atoms with van der Waals surface area (Å²) in [4.78, 5) is 21.9. The number of methoxy groups -OCH3 is 1. The molecule has 0 aromatic heterocycles. The Morgan fingerprint density at radius 3 is 2.48 bits per heavy atom. The Hall–Kier alpha value is -2.69. The van der Waals surface area contributed by atoms with Gasteiger partial charge in [-0.25, -0.2) is 13.1 Å². The maximum Gasteiger partial charge on any atom is 0.269 e. The number of amides is 1. The molecule has 0 saturated heterocycles. The van der Waals surface area contributed by atoms with E-state index in [0.29, 0.717) is 16.5 Å². The van der Waals surface area contributed by atoms with Crippen LogP contribution in [0.4, 0.5) is 11.4 Å². The number of carbonyl (C=O) groups is 1. The van der Waals surface area contributed by atoms with E-state index in [1.165, 1.54) is 13.2 Å². The Bertz CT molecular complexity index is 947. The van der Waals surface area contributed by atoms with Crippen molar-refractivity contribution in [2.75, 3.05) is 19.0 Å². The van der Waals surface area contributed by atoms with Crippen LogP contribution in [0.15, 0.2) is 47.4 Å². The second-order valence-electron chi connectivity index (χ2n) is 5.29. The Balaban J connectivity index is 1.94. The van der Waals surface area contributed by atoms with Crippen LogP contribution in [0.1, 0.15) is 6.42 Å². The molecule has 1 amide bonds. The zero-order chi connectivity index (χ0) is 20.0. The summed E-state index contributed by atoms with van der Waals surface area (Å²) in [7, 11) is -2.45. The number of carbonyl (C=O) groups excluding carboxylic acids is 1. The summed E-state index contributed by atoms with van der Waals surface area (Å²) in [5.41, 5.74) is 0.150. The van der Waals surface area contributed by atoms with Crippen LogP contribution in [-0.2, 0) is 14.8 Å². The van der Waals surface area contributed by atoms with Crippen molar-refractivity contribution in [3.05, 3.63) is 57.6 Å². The highest BCUT2D eigenvalue weighted by atomic mass is 35.5. The van der Waals surface area contributed by atoms with Crippen molar-refractivity contribution in [1.29, 1.82) is 0 Å². The van der Waals surface area contributed by atoms with Gasteiger partial charge in [-0.2, -0.15) is 0 Å². The zero-order valence-electron chi connectivity index (χ0n) is 14.1. The Morgan fingerprint density at radius 1 is 1.22 bits per heavy atom. The van der Waals surface area contributed by atoms with E-state index in [-0.39, 0.29) is 23.5 Å². The molecule has 0 aliphatic rings. The summed E-state index contributed by atoms with van der Waals surface area (Å²) >= 11 is 5.88. The predicted molar refractivity (Wildman–Crippen MR) is 99.5 cm³/mol. The van der Waals surface area contributed by atoms with Gasteiger partial charge in [0, 0.05) is 30.1 Å². The van der Waals surface area contributed by atoms with Gasteiger partial charge in [-0.15, -0.1) is 0 Å². The molecule has 2 aromatic rings. The van der Waals surface area contributed by atoms with Crippen LogP contribution in [0, 0.1) is 10.1 Å². The molecule has 0 radical (unpaired) electrons. The van der Waals surface area contributed by atoms with Crippen molar-refractivity contribution < 1.29 is 22.9 Å². The molecule has 9 nitrogen and oxygen atoms in total. The standard InChI is InChI=1S/C16H16ClN3O6S/c1-26-15-7-2-11(17)10-14(15)19-16(21)8-9-18-27(24,25)13-5-3-12(4-6-13)20(22)23/h2-7,10,18H,8-9H2,1H3,(H,19,21). The number of hydrogen-bond donors (Lipinski definition) is 2. The number of rotatable bonds is 8. The number of anilines is 1. The second-order valence-corrected chi connectivity index (χ2v) is 7.49. The highest BCUT2D eigenvalue weighted by Crippen LogP contribution is 2.27. The number of sulfonamides is 1. The van der Waals surface area contributed by atoms with Crippen molar-refractivity contribution in [2.24, 2.45) is 0 Å². The van der Waals surface area contributed by atoms with Crippen LogP contribution < -0.4 is 14.8 Å². The summed E-state index contributed by atoms with van der Waals surface area (Å²) in [6.45, 7) is -0.159. The maximum absolute atomic E-state index is 12.1. The minimum atomic E-state index is -3.89. The number of nitrogens with one attached hydrogen (secondary N) is 2. The molecule has 11 heteroatoms. The van der Waals surface area contributed by atoms with Crippen LogP contribution in [0.3, 0.4) is 0 Å². The first-order chi connectivity index (χ1) is 12.7. The van der Waals surface area contributed by atoms with Gasteiger partial charge in [-0.3, -0.25) is 14.9 Å². The fraction of sp³-hybridized carbons (Fsp3) is 0.188. The summed E-state index contributed by atoms with van der Waals surface area (Å²) in [6, 6.07) is 9.14. The van der Waals surface area contributed by atoms with Crippen LogP contribution in [-0.4, -0.2) is 32.9 Å². The molecule has 0 saturated carbocycles. The molecule has 0 aliphatic heterocycles. The van der Waals surface area contributed by atoms with E-state index >= 15 is 0 Å². The molecule has 144 valence electrons. The third-order valence-electron chi connectivity index (χ3n) is 3.44. The molecular weight excluding hydrogens is 398 g/mol. The van der Waals surface area contributed by atoms with Crippen molar-refractivity contribution in [3.8, 4) is 5.75 Å². The SMILES string of the molecule is COc1ccc(Cl)cc1NC(=O)CCNS(=O)(=O)c1ccc([N+](=O)[O-])cc1. The highest BCUT2D eigenvalue weighted by Gasteiger charge is 2.16. The molecule has 27 heavy (non-hydrogen) atoms. The Morgan fingerprint density at radius 2 is 1.89 bits per heavy atom.